The lowest BCUT2D eigenvalue weighted by atomic mass is 10.0. The number of halogens is 3. The zero-order valence-corrected chi connectivity index (χ0v) is 13.2. The molecule has 0 aliphatic rings. The molecule has 100 valence electrons. The molecule has 0 N–H and O–H groups in total. The Kier molecular flexibility index (Phi) is 4.64. The van der Waals surface area contributed by atoms with Gasteiger partial charge in [-0.25, -0.2) is 4.39 Å². The van der Waals surface area contributed by atoms with Crippen LogP contribution in [0.5, 0.6) is 0 Å². The van der Waals surface area contributed by atoms with E-state index in [-0.39, 0.29) is 10.6 Å². The van der Waals surface area contributed by atoms with Gasteiger partial charge in [-0.3, -0.25) is 0 Å². The predicted molar refractivity (Wildman–Crippen MR) is 82.7 cm³/mol. The summed E-state index contributed by atoms with van der Waals surface area (Å²) in [6.45, 7) is 4.12. The lowest BCUT2D eigenvalue weighted by Gasteiger charge is -2.14. The Hall–Kier alpha value is -0.860. The summed E-state index contributed by atoms with van der Waals surface area (Å²) in [6.07, 6.45) is 0.536. The summed E-state index contributed by atoms with van der Waals surface area (Å²) in [7, 11) is 0. The molecule has 19 heavy (non-hydrogen) atoms. The normalized spacial score (nSPS) is 12.5. The quantitative estimate of drug-likeness (QED) is 0.621. The van der Waals surface area contributed by atoms with Gasteiger partial charge in [-0.15, -0.1) is 0 Å². The molecule has 0 radical (unpaired) electrons. The van der Waals surface area contributed by atoms with Crippen molar-refractivity contribution in [2.24, 2.45) is 0 Å². The number of hydrogen-bond acceptors (Lipinski definition) is 0. The lowest BCUT2D eigenvalue weighted by Crippen LogP contribution is -2.00. The highest BCUT2D eigenvalue weighted by atomic mass is 79.9. The Morgan fingerprint density at radius 2 is 1.79 bits per heavy atom. The zero-order chi connectivity index (χ0) is 14.0. The molecule has 0 bridgehead atoms. The summed E-state index contributed by atoms with van der Waals surface area (Å²) in [4.78, 5) is 0.0560. The van der Waals surface area contributed by atoms with Crippen LogP contribution in [0.2, 0.25) is 5.02 Å². The van der Waals surface area contributed by atoms with Crippen LogP contribution < -0.4 is 0 Å². The van der Waals surface area contributed by atoms with Crippen LogP contribution in [0.25, 0.3) is 0 Å². The van der Waals surface area contributed by atoms with E-state index in [4.69, 9.17) is 11.6 Å². The summed E-state index contributed by atoms with van der Waals surface area (Å²) in [5, 5.41) is 0.480. The maximum Gasteiger partial charge on any atom is 0.127 e. The summed E-state index contributed by atoms with van der Waals surface area (Å²) < 4.78 is 13.8. The van der Waals surface area contributed by atoms with Gasteiger partial charge in [0.2, 0.25) is 0 Å². The molecule has 0 fully saturated rings. The third kappa shape index (κ3) is 3.58. The van der Waals surface area contributed by atoms with Crippen molar-refractivity contribution in [3.05, 3.63) is 69.5 Å². The standard InChI is InChI=1S/C16H15BrClF/c1-10-6-11(2)8-12(7-10)14(17)9-13-15(18)4-3-5-16(13)19/h3-8,14H,9H2,1-2H3. The van der Waals surface area contributed by atoms with Gasteiger partial charge in [0.1, 0.15) is 5.82 Å². The molecule has 0 heterocycles. The van der Waals surface area contributed by atoms with Gasteiger partial charge in [-0.1, -0.05) is 62.9 Å². The molecule has 0 spiro atoms. The molecule has 0 nitrogen and oxygen atoms in total. The van der Waals surface area contributed by atoms with Gasteiger partial charge < -0.3 is 0 Å². The van der Waals surface area contributed by atoms with Crippen LogP contribution in [0.1, 0.15) is 27.1 Å². The van der Waals surface area contributed by atoms with Gasteiger partial charge in [0.15, 0.2) is 0 Å². The van der Waals surface area contributed by atoms with Crippen LogP contribution in [0.15, 0.2) is 36.4 Å². The first-order valence-electron chi connectivity index (χ1n) is 6.12. The molecule has 1 atom stereocenters. The summed E-state index contributed by atoms with van der Waals surface area (Å²) in [6, 6.07) is 11.1. The fraction of sp³-hybridized carbons (Fsp3) is 0.250. The van der Waals surface area contributed by atoms with Gasteiger partial charge in [0.25, 0.3) is 0 Å². The fourth-order valence-electron chi connectivity index (χ4n) is 2.22. The van der Waals surface area contributed by atoms with E-state index in [2.05, 4.69) is 48.0 Å². The van der Waals surface area contributed by atoms with Crippen LogP contribution in [-0.2, 0) is 6.42 Å². The van der Waals surface area contributed by atoms with Crippen LogP contribution in [0, 0.1) is 19.7 Å². The van der Waals surface area contributed by atoms with E-state index >= 15 is 0 Å². The lowest BCUT2D eigenvalue weighted by molar-refractivity contribution is 0.608. The molecule has 3 heteroatoms. The fourth-order valence-corrected chi connectivity index (χ4v) is 3.04. The molecule has 0 saturated heterocycles. The summed E-state index contributed by atoms with van der Waals surface area (Å²) in [5.74, 6) is -0.249. The molecule has 1 unspecified atom stereocenters. The van der Waals surface area contributed by atoms with Crippen LogP contribution >= 0.6 is 27.5 Å². The van der Waals surface area contributed by atoms with Crippen molar-refractivity contribution in [2.45, 2.75) is 25.1 Å². The molecule has 0 aromatic heterocycles. The topological polar surface area (TPSA) is 0 Å². The van der Waals surface area contributed by atoms with Gasteiger partial charge >= 0.3 is 0 Å². The molecule has 0 saturated carbocycles. The van der Waals surface area contributed by atoms with Crippen molar-refractivity contribution in [1.29, 1.82) is 0 Å². The third-order valence-corrected chi connectivity index (χ3v) is 4.26. The minimum absolute atomic E-state index is 0.0560. The van der Waals surface area contributed by atoms with E-state index in [0.717, 1.165) is 5.56 Å². The Labute approximate surface area is 126 Å². The molecule has 2 aromatic carbocycles. The first-order chi connectivity index (χ1) is 8.97. The van der Waals surface area contributed by atoms with Crippen LogP contribution in [-0.4, -0.2) is 0 Å². The van der Waals surface area contributed by atoms with E-state index in [1.807, 2.05) is 0 Å². The maximum atomic E-state index is 13.8. The van der Waals surface area contributed by atoms with Crippen LogP contribution in [0.3, 0.4) is 0 Å². The molecule has 0 amide bonds. The summed E-state index contributed by atoms with van der Waals surface area (Å²) >= 11 is 9.70. The largest absolute Gasteiger partial charge is 0.207 e. The second-order valence-electron chi connectivity index (χ2n) is 4.79. The number of rotatable bonds is 3. The van der Waals surface area contributed by atoms with Gasteiger partial charge in [-0.05, 0) is 38.0 Å². The van der Waals surface area contributed by atoms with E-state index in [1.54, 1.807) is 12.1 Å². The summed E-state index contributed by atoms with van der Waals surface area (Å²) in [5.41, 5.74) is 4.13. The first-order valence-corrected chi connectivity index (χ1v) is 7.42. The minimum Gasteiger partial charge on any atom is -0.207 e. The Balaban J connectivity index is 2.28. The van der Waals surface area contributed by atoms with E-state index < -0.39 is 0 Å². The van der Waals surface area contributed by atoms with Crippen molar-refractivity contribution in [3.8, 4) is 0 Å². The highest BCUT2D eigenvalue weighted by Gasteiger charge is 2.14. The zero-order valence-electron chi connectivity index (χ0n) is 10.9. The molecule has 0 aliphatic carbocycles. The van der Waals surface area contributed by atoms with E-state index in [9.17, 15) is 4.39 Å². The Morgan fingerprint density at radius 1 is 1.16 bits per heavy atom. The number of benzene rings is 2. The number of alkyl halides is 1. The Morgan fingerprint density at radius 3 is 2.37 bits per heavy atom. The van der Waals surface area contributed by atoms with E-state index in [1.165, 1.54) is 17.2 Å². The van der Waals surface area contributed by atoms with Crippen molar-refractivity contribution in [3.63, 3.8) is 0 Å². The highest BCUT2D eigenvalue weighted by Crippen LogP contribution is 2.32. The monoisotopic (exact) mass is 340 g/mol. The first kappa shape index (κ1) is 14.5. The number of aryl methyl sites for hydroxylation is 2. The maximum absolute atomic E-state index is 13.8. The Bertz CT molecular complexity index is 555. The molecule has 2 aromatic rings. The van der Waals surface area contributed by atoms with Crippen molar-refractivity contribution < 1.29 is 4.39 Å². The minimum atomic E-state index is -0.249. The molecular formula is C16H15BrClF. The molecule has 0 aliphatic heterocycles. The molecule has 2 rings (SSSR count). The SMILES string of the molecule is Cc1cc(C)cc(C(Br)Cc2c(F)cccc2Cl)c1. The van der Waals surface area contributed by atoms with Crippen molar-refractivity contribution >= 4 is 27.5 Å². The highest BCUT2D eigenvalue weighted by molar-refractivity contribution is 9.09. The van der Waals surface area contributed by atoms with Crippen molar-refractivity contribution in [2.75, 3.05) is 0 Å². The van der Waals surface area contributed by atoms with Crippen LogP contribution in [0.4, 0.5) is 4.39 Å². The van der Waals surface area contributed by atoms with Gasteiger partial charge in [0.05, 0.1) is 0 Å². The van der Waals surface area contributed by atoms with Crippen molar-refractivity contribution in [1.82, 2.24) is 0 Å². The smallest absolute Gasteiger partial charge is 0.127 e. The average molecular weight is 342 g/mol. The van der Waals surface area contributed by atoms with Gasteiger partial charge in [0, 0.05) is 15.4 Å². The number of hydrogen-bond donors (Lipinski definition) is 0. The average Bonchev–Trinajstić information content (AvgIpc) is 2.32. The second-order valence-corrected chi connectivity index (χ2v) is 6.31. The van der Waals surface area contributed by atoms with Gasteiger partial charge in [-0.2, -0.15) is 0 Å². The second kappa shape index (κ2) is 6.06. The van der Waals surface area contributed by atoms with E-state index in [0.29, 0.717) is 17.0 Å². The molecular weight excluding hydrogens is 327 g/mol. The third-order valence-electron chi connectivity index (χ3n) is 3.05. The predicted octanol–water partition coefficient (Wildman–Crippen LogP) is 5.77.